The molecule has 0 saturated heterocycles. The second kappa shape index (κ2) is 7.59. The van der Waals surface area contributed by atoms with Crippen molar-refractivity contribution in [1.29, 1.82) is 0 Å². The molecule has 5 heteroatoms. The van der Waals surface area contributed by atoms with Crippen molar-refractivity contribution >= 4 is 39.0 Å². The summed E-state index contributed by atoms with van der Waals surface area (Å²) in [7, 11) is 1.99. The van der Waals surface area contributed by atoms with Gasteiger partial charge in [-0.25, -0.2) is 4.98 Å². The van der Waals surface area contributed by atoms with Crippen molar-refractivity contribution in [3.8, 4) is 0 Å². The molecule has 0 bridgehead atoms. The van der Waals surface area contributed by atoms with Crippen molar-refractivity contribution in [3.63, 3.8) is 0 Å². The minimum absolute atomic E-state index is 0.483. The molecule has 0 unspecified atom stereocenters. The molecule has 1 aromatic heterocycles. The van der Waals surface area contributed by atoms with Gasteiger partial charge in [0, 0.05) is 20.8 Å². The molecular formula is C15H19BrN2S2. The average molecular weight is 371 g/mol. The SMILES string of the molecule is CNCc1sc(CSc2ccccc2Br)nc1C(C)C. The van der Waals surface area contributed by atoms with Crippen molar-refractivity contribution in [2.75, 3.05) is 7.05 Å². The third-order valence-corrected chi connectivity index (χ3v) is 6.14. The van der Waals surface area contributed by atoms with Crippen molar-refractivity contribution in [3.05, 3.63) is 44.3 Å². The quantitative estimate of drug-likeness (QED) is 0.720. The molecule has 2 aromatic rings. The van der Waals surface area contributed by atoms with Crippen LogP contribution in [-0.2, 0) is 12.3 Å². The second-order valence-electron chi connectivity index (χ2n) is 4.82. The van der Waals surface area contributed by atoms with E-state index in [0.717, 1.165) is 16.8 Å². The Labute approximate surface area is 137 Å². The minimum Gasteiger partial charge on any atom is -0.315 e. The van der Waals surface area contributed by atoms with Crippen LogP contribution in [0.5, 0.6) is 0 Å². The Morgan fingerprint density at radius 2 is 2.10 bits per heavy atom. The summed E-state index contributed by atoms with van der Waals surface area (Å²) in [5, 5.41) is 4.44. The molecule has 0 fully saturated rings. The van der Waals surface area contributed by atoms with E-state index in [2.05, 4.69) is 53.3 Å². The van der Waals surface area contributed by atoms with Crippen molar-refractivity contribution in [2.45, 2.75) is 37.0 Å². The molecule has 1 aromatic carbocycles. The van der Waals surface area contributed by atoms with Crippen molar-refractivity contribution < 1.29 is 0 Å². The van der Waals surface area contributed by atoms with E-state index in [9.17, 15) is 0 Å². The van der Waals surface area contributed by atoms with Gasteiger partial charge in [0.15, 0.2) is 0 Å². The van der Waals surface area contributed by atoms with Gasteiger partial charge in [-0.3, -0.25) is 0 Å². The van der Waals surface area contributed by atoms with E-state index in [1.165, 1.54) is 20.5 Å². The first-order chi connectivity index (χ1) is 9.61. The molecule has 0 atom stereocenters. The van der Waals surface area contributed by atoms with Crippen LogP contribution in [0.3, 0.4) is 0 Å². The van der Waals surface area contributed by atoms with Crippen LogP contribution in [-0.4, -0.2) is 12.0 Å². The predicted molar refractivity (Wildman–Crippen MR) is 92.7 cm³/mol. The summed E-state index contributed by atoms with van der Waals surface area (Å²) in [6.45, 7) is 5.32. The standard InChI is InChI=1S/C15H19BrN2S2/c1-10(2)15-13(8-17-3)20-14(18-15)9-19-12-7-5-4-6-11(12)16/h4-7,10,17H,8-9H2,1-3H3. The molecule has 108 valence electrons. The van der Waals surface area contributed by atoms with E-state index in [-0.39, 0.29) is 0 Å². The monoisotopic (exact) mass is 370 g/mol. The summed E-state index contributed by atoms with van der Waals surface area (Å²) in [6, 6.07) is 8.33. The van der Waals surface area contributed by atoms with E-state index in [0.29, 0.717) is 5.92 Å². The van der Waals surface area contributed by atoms with E-state index in [4.69, 9.17) is 4.98 Å². The molecule has 1 heterocycles. The number of nitrogens with zero attached hydrogens (tertiary/aromatic N) is 1. The lowest BCUT2D eigenvalue weighted by Gasteiger charge is -2.03. The Morgan fingerprint density at radius 1 is 1.35 bits per heavy atom. The van der Waals surface area contributed by atoms with Crippen LogP contribution in [0.1, 0.15) is 35.3 Å². The minimum atomic E-state index is 0.483. The highest BCUT2D eigenvalue weighted by atomic mass is 79.9. The zero-order valence-corrected chi connectivity index (χ0v) is 15.2. The molecule has 20 heavy (non-hydrogen) atoms. The van der Waals surface area contributed by atoms with Gasteiger partial charge in [0.2, 0.25) is 0 Å². The van der Waals surface area contributed by atoms with Gasteiger partial charge in [0.1, 0.15) is 5.01 Å². The maximum atomic E-state index is 4.82. The van der Waals surface area contributed by atoms with Gasteiger partial charge in [-0.05, 0) is 41.0 Å². The maximum absolute atomic E-state index is 4.82. The molecule has 2 rings (SSSR count). The van der Waals surface area contributed by atoms with Crippen LogP contribution in [0, 0.1) is 0 Å². The average Bonchev–Trinajstić information content (AvgIpc) is 2.82. The van der Waals surface area contributed by atoms with Crippen molar-refractivity contribution in [1.82, 2.24) is 10.3 Å². The van der Waals surface area contributed by atoms with Crippen molar-refractivity contribution in [2.24, 2.45) is 0 Å². The first-order valence-electron chi connectivity index (χ1n) is 6.62. The molecule has 0 aliphatic heterocycles. The highest BCUT2D eigenvalue weighted by Gasteiger charge is 2.14. The number of thiazole rings is 1. The first kappa shape index (κ1) is 16.0. The molecule has 0 aliphatic rings. The van der Waals surface area contributed by atoms with Gasteiger partial charge in [0.25, 0.3) is 0 Å². The third-order valence-electron chi connectivity index (χ3n) is 2.84. The Bertz CT molecular complexity index is 567. The third kappa shape index (κ3) is 4.07. The molecule has 0 amide bonds. The highest BCUT2D eigenvalue weighted by Crippen LogP contribution is 2.33. The molecule has 0 aliphatic carbocycles. The molecule has 2 nitrogen and oxygen atoms in total. The summed E-state index contributed by atoms with van der Waals surface area (Å²) in [5.41, 5.74) is 1.24. The summed E-state index contributed by atoms with van der Waals surface area (Å²) < 4.78 is 1.15. The fourth-order valence-corrected chi connectivity index (χ4v) is 4.71. The first-order valence-corrected chi connectivity index (χ1v) is 9.21. The normalized spacial score (nSPS) is 11.2. The van der Waals surface area contributed by atoms with Crippen LogP contribution in [0.25, 0.3) is 0 Å². The largest absolute Gasteiger partial charge is 0.315 e. The lowest BCUT2D eigenvalue weighted by atomic mass is 10.1. The molecule has 0 radical (unpaired) electrons. The lowest BCUT2D eigenvalue weighted by molar-refractivity contribution is 0.769. The highest BCUT2D eigenvalue weighted by molar-refractivity contribution is 9.10. The van der Waals surface area contributed by atoms with Crippen LogP contribution < -0.4 is 5.32 Å². The fourth-order valence-electron chi connectivity index (χ4n) is 1.92. The number of hydrogen-bond donors (Lipinski definition) is 1. The maximum Gasteiger partial charge on any atom is 0.103 e. The van der Waals surface area contributed by atoms with Gasteiger partial charge in [0.05, 0.1) is 11.4 Å². The van der Waals surface area contributed by atoms with E-state index in [1.807, 2.05) is 36.2 Å². The summed E-state index contributed by atoms with van der Waals surface area (Å²) in [5.74, 6) is 1.41. The van der Waals surface area contributed by atoms with Gasteiger partial charge in [-0.1, -0.05) is 26.0 Å². The molecule has 1 N–H and O–H groups in total. The van der Waals surface area contributed by atoms with Crippen LogP contribution in [0.15, 0.2) is 33.6 Å². The van der Waals surface area contributed by atoms with Crippen LogP contribution in [0.4, 0.5) is 0 Å². The van der Waals surface area contributed by atoms with Crippen LogP contribution >= 0.6 is 39.0 Å². The number of halogens is 1. The Hall–Kier alpha value is -0.360. The van der Waals surface area contributed by atoms with E-state index >= 15 is 0 Å². The predicted octanol–water partition coefficient (Wildman–Crippen LogP) is 5.04. The number of nitrogens with one attached hydrogen (secondary N) is 1. The summed E-state index contributed by atoms with van der Waals surface area (Å²) >= 11 is 7.25. The Balaban J connectivity index is 2.10. The topological polar surface area (TPSA) is 24.9 Å². The smallest absolute Gasteiger partial charge is 0.103 e. The van der Waals surface area contributed by atoms with Gasteiger partial charge in [-0.2, -0.15) is 0 Å². The zero-order chi connectivity index (χ0) is 14.5. The lowest BCUT2D eigenvalue weighted by Crippen LogP contribution is -2.06. The Morgan fingerprint density at radius 3 is 2.75 bits per heavy atom. The summed E-state index contributed by atoms with van der Waals surface area (Å²) in [6.07, 6.45) is 0. The van der Waals surface area contributed by atoms with E-state index < -0.39 is 0 Å². The van der Waals surface area contributed by atoms with Crippen LogP contribution in [0.2, 0.25) is 0 Å². The van der Waals surface area contributed by atoms with E-state index in [1.54, 1.807) is 0 Å². The Kier molecular flexibility index (Phi) is 6.08. The number of aromatic nitrogens is 1. The number of thioether (sulfide) groups is 1. The van der Waals surface area contributed by atoms with Gasteiger partial charge in [-0.15, -0.1) is 23.1 Å². The number of benzene rings is 1. The number of rotatable bonds is 6. The molecule has 0 saturated carbocycles. The van der Waals surface area contributed by atoms with Gasteiger partial charge >= 0.3 is 0 Å². The molecular weight excluding hydrogens is 352 g/mol. The fraction of sp³-hybridized carbons (Fsp3) is 0.400. The number of hydrogen-bond acceptors (Lipinski definition) is 4. The zero-order valence-electron chi connectivity index (χ0n) is 11.9. The summed E-state index contributed by atoms with van der Waals surface area (Å²) in [4.78, 5) is 7.45. The van der Waals surface area contributed by atoms with Gasteiger partial charge < -0.3 is 5.32 Å². The second-order valence-corrected chi connectivity index (χ2v) is 7.86. The molecule has 0 spiro atoms.